The maximum atomic E-state index is 12.6. The Kier molecular flexibility index (Phi) is 6.84. The molecule has 1 heterocycles. The Hall–Kier alpha value is -1.60. The van der Waals surface area contributed by atoms with E-state index in [9.17, 15) is 13.2 Å². The van der Waals surface area contributed by atoms with Gasteiger partial charge in [-0.2, -0.15) is 0 Å². The van der Waals surface area contributed by atoms with Crippen molar-refractivity contribution in [1.29, 1.82) is 0 Å². The van der Waals surface area contributed by atoms with Crippen LogP contribution in [0.5, 0.6) is 5.75 Å². The molecular formula is C18H28N2O4S. The third-order valence-corrected chi connectivity index (χ3v) is 6.09. The molecule has 7 heteroatoms. The molecule has 1 atom stereocenters. The van der Waals surface area contributed by atoms with E-state index in [4.69, 9.17) is 4.74 Å². The second-order valence-corrected chi connectivity index (χ2v) is 8.51. The molecule has 0 saturated carbocycles. The molecule has 6 nitrogen and oxygen atoms in total. The lowest BCUT2D eigenvalue weighted by Crippen LogP contribution is -2.44. The van der Waals surface area contributed by atoms with Gasteiger partial charge in [0.25, 0.3) is 0 Å². The Labute approximate surface area is 150 Å². The van der Waals surface area contributed by atoms with Crippen molar-refractivity contribution >= 4 is 15.9 Å². The molecule has 1 aromatic carbocycles. The van der Waals surface area contributed by atoms with Gasteiger partial charge in [0.15, 0.2) is 0 Å². The number of ether oxygens (including phenoxy) is 1. The van der Waals surface area contributed by atoms with Crippen molar-refractivity contribution < 1.29 is 17.9 Å². The van der Waals surface area contributed by atoms with E-state index in [-0.39, 0.29) is 23.1 Å². The van der Waals surface area contributed by atoms with E-state index in [1.54, 1.807) is 12.1 Å². The molecule has 1 aromatic rings. The van der Waals surface area contributed by atoms with Gasteiger partial charge in [0.1, 0.15) is 5.75 Å². The lowest BCUT2D eigenvalue weighted by Gasteiger charge is -2.29. The molecule has 0 aliphatic carbocycles. The highest BCUT2D eigenvalue weighted by molar-refractivity contribution is 7.89. The zero-order valence-electron chi connectivity index (χ0n) is 15.2. The molecule has 0 unspecified atom stereocenters. The molecule has 1 amide bonds. The first-order chi connectivity index (χ1) is 11.8. The van der Waals surface area contributed by atoms with Gasteiger partial charge in [-0.25, -0.2) is 13.1 Å². The first kappa shape index (κ1) is 19.7. The molecule has 0 radical (unpaired) electrons. The van der Waals surface area contributed by atoms with Crippen LogP contribution in [0.4, 0.5) is 0 Å². The monoisotopic (exact) mass is 368 g/mol. The number of likely N-dealkylation sites (tertiary alicyclic amines) is 1. The Balaban J connectivity index is 2.07. The van der Waals surface area contributed by atoms with Gasteiger partial charge in [-0.15, -0.1) is 0 Å². The van der Waals surface area contributed by atoms with Crippen LogP contribution in [-0.4, -0.2) is 45.5 Å². The van der Waals surface area contributed by atoms with E-state index in [1.807, 2.05) is 18.7 Å². The molecule has 25 heavy (non-hydrogen) atoms. The minimum atomic E-state index is -3.68. The topological polar surface area (TPSA) is 75.7 Å². The summed E-state index contributed by atoms with van der Waals surface area (Å²) in [6, 6.07) is 5.80. The minimum absolute atomic E-state index is 0.0155. The zero-order valence-corrected chi connectivity index (χ0v) is 16.0. The lowest BCUT2D eigenvalue weighted by molar-refractivity contribution is -0.132. The van der Waals surface area contributed by atoms with Crippen molar-refractivity contribution in [1.82, 2.24) is 9.62 Å². The molecule has 1 aliphatic rings. The predicted octanol–water partition coefficient (Wildman–Crippen LogP) is 2.40. The van der Waals surface area contributed by atoms with Crippen LogP contribution >= 0.6 is 0 Å². The van der Waals surface area contributed by atoms with Crippen molar-refractivity contribution in [2.24, 2.45) is 5.92 Å². The van der Waals surface area contributed by atoms with Crippen LogP contribution in [0, 0.1) is 5.92 Å². The van der Waals surface area contributed by atoms with Crippen molar-refractivity contribution in [3.8, 4) is 5.75 Å². The number of nitrogens with one attached hydrogen (secondary N) is 1. The standard InChI is InChI=1S/C18H28N2O4S/c1-14(2)17(13-18(21)20-11-5-4-6-12-20)19-25(22,23)16-9-7-15(24-3)8-10-16/h7-10,14,17,19H,4-6,11-13H2,1-3H3/t17-/m0/s1. The molecule has 1 N–H and O–H groups in total. The van der Waals surface area contributed by atoms with Gasteiger partial charge in [0, 0.05) is 25.6 Å². The molecule has 0 spiro atoms. The number of piperidine rings is 1. The van der Waals surface area contributed by atoms with Crippen LogP contribution in [0.1, 0.15) is 39.5 Å². The zero-order chi connectivity index (χ0) is 18.4. The third-order valence-electron chi connectivity index (χ3n) is 4.58. The summed E-state index contributed by atoms with van der Waals surface area (Å²) in [6.45, 7) is 5.39. The van der Waals surface area contributed by atoms with Gasteiger partial charge in [-0.3, -0.25) is 4.79 Å². The summed E-state index contributed by atoms with van der Waals surface area (Å²) in [7, 11) is -2.15. The molecule has 140 valence electrons. The maximum Gasteiger partial charge on any atom is 0.240 e. The number of nitrogens with zero attached hydrogens (tertiary/aromatic N) is 1. The number of hydrogen-bond donors (Lipinski definition) is 1. The van der Waals surface area contributed by atoms with Crippen LogP contribution in [0.25, 0.3) is 0 Å². The van der Waals surface area contributed by atoms with Crippen LogP contribution < -0.4 is 9.46 Å². The number of hydrogen-bond acceptors (Lipinski definition) is 4. The van der Waals surface area contributed by atoms with Crippen LogP contribution in [0.2, 0.25) is 0 Å². The van der Waals surface area contributed by atoms with Gasteiger partial charge in [-0.1, -0.05) is 13.8 Å². The fraction of sp³-hybridized carbons (Fsp3) is 0.611. The molecular weight excluding hydrogens is 340 g/mol. The van der Waals surface area contributed by atoms with E-state index < -0.39 is 16.1 Å². The normalized spacial score (nSPS) is 16.7. The number of amides is 1. The quantitative estimate of drug-likeness (QED) is 0.802. The van der Waals surface area contributed by atoms with Gasteiger partial charge >= 0.3 is 0 Å². The van der Waals surface area contributed by atoms with Gasteiger partial charge in [-0.05, 0) is 49.4 Å². The highest BCUT2D eigenvalue weighted by Crippen LogP contribution is 2.19. The van der Waals surface area contributed by atoms with Crippen LogP contribution in [0.3, 0.4) is 0 Å². The Morgan fingerprint density at radius 1 is 1.16 bits per heavy atom. The summed E-state index contributed by atoms with van der Waals surface area (Å²) in [5.74, 6) is 0.636. The number of sulfonamides is 1. The number of carbonyl (C=O) groups is 1. The average Bonchev–Trinajstić information content (AvgIpc) is 2.61. The fourth-order valence-electron chi connectivity index (χ4n) is 2.90. The van der Waals surface area contributed by atoms with Crippen LogP contribution in [0.15, 0.2) is 29.2 Å². The van der Waals surface area contributed by atoms with E-state index in [0.717, 1.165) is 32.4 Å². The summed E-state index contributed by atoms with van der Waals surface area (Å²) in [6.07, 6.45) is 3.39. The summed E-state index contributed by atoms with van der Waals surface area (Å²) in [5, 5.41) is 0. The lowest BCUT2D eigenvalue weighted by atomic mass is 10.0. The maximum absolute atomic E-state index is 12.6. The highest BCUT2D eigenvalue weighted by Gasteiger charge is 2.27. The first-order valence-electron chi connectivity index (χ1n) is 8.77. The summed E-state index contributed by atoms with van der Waals surface area (Å²) >= 11 is 0. The summed E-state index contributed by atoms with van der Waals surface area (Å²) in [5.41, 5.74) is 0. The van der Waals surface area contributed by atoms with E-state index in [2.05, 4.69) is 4.72 Å². The van der Waals surface area contributed by atoms with E-state index in [1.165, 1.54) is 19.2 Å². The second kappa shape index (κ2) is 8.67. The predicted molar refractivity (Wildman–Crippen MR) is 97.0 cm³/mol. The average molecular weight is 368 g/mol. The molecule has 1 aliphatic heterocycles. The Morgan fingerprint density at radius 3 is 2.28 bits per heavy atom. The molecule has 0 aromatic heterocycles. The fourth-order valence-corrected chi connectivity index (χ4v) is 4.28. The Bertz CT molecular complexity index is 665. The van der Waals surface area contributed by atoms with Crippen molar-refractivity contribution in [2.75, 3.05) is 20.2 Å². The van der Waals surface area contributed by atoms with Gasteiger partial charge in [0.2, 0.25) is 15.9 Å². The van der Waals surface area contributed by atoms with Crippen LogP contribution in [-0.2, 0) is 14.8 Å². The van der Waals surface area contributed by atoms with Gasteiger partial charge < -0.3 is 9.64 Å². The van der Waals surface area contributed by atoms with Crippen molar-refractivity contribution in [3.05, 3.63) is 24.3 Å². The largest absolute Gasteiger partial charge is 0.497 e. The van der Waals surface area contributed by atoms with Gasteiger partial charge in [0.05, 0.1) is 12.0 Å². The van der Waals surface area contributed by atoms with E-state index in [0.29, 0.717) is 5.75 Å². The number of rotatable bonds is 7. The SMILES string of the molecule is COc1ccc(S(=O)(=O)N[C@@H](CC(=O)N2CCCCC2)C(C)C)cc1. The number of benzene rings is 1. The number of carbonyl (C=O) groups excluding carboxylic acids is 1. The minimum Gasteiger partial charge on any atom is -0.497 e. The summed E-state index contributed by atoms with van der Waals surface area (Å²) in [4.78, 5) is 14.5. The molecule has 1 fully saturated rings. The second-order valence-electron chi connectivity index (χ2n) is 6.79. The third kappa shape index (κ3) is 5.44. The first-order valence-corrected chi connectivity index (χ1v) is 10.3. The summed E-state index contributed by atoms with van der Waals surface area (Å²) < 4.78 is 33.0. The highest BCUT2D eigenvalue weighted by atomic mass is 32.2. The van der Waals surface area contributed by atoms with E-state index >= 15 is 0 Å². The smallest absolute Gasteiger partial charge is 0.240 e. The molecule has 1 saturated heterocycles. The molecule has 0 bridgehead atoms. The van der Waals surface area contributed by atoms with Crippen molar-refractivity contribution in [2.45, 2.75) is 50.5 Å². The molecule has 2 rings (SSSR count). The van der Waals surface area contributed by atoms with Crippen molar-refractivity contribution in [3.63, 3.8) is 0 Å². The Morgan fingerprint density at radius 2 is 1.76 bits per heavy atom. The number of methoxy groups -OCH3 is 1.